The number of rotatable bonds is 4. The molecule has 2 N–H and O–H groups in total. The fourth-order valence-electron chi connectivity index (χ4n) is 1.50. The number of nitrogens with one attached hydrogen (secondary N) is 2. The predicted octanol–water partition coefficient (Wildman–Crippen LogP) is 1.53. The van der Waals surface area contributed by atoms with E-state index in [4.69, 9.17) is 0 Å². The third-order valence-corrected chi connectivity index (χ3v) is 2.47. The third kappa shape index (κ3) is 2.76. The molecule has 0 aliphatic carbocycles. The maximum Gasteiger partial charge on any atom is 0.305 e. The second-order valence-electron chi connectivity index (χ2n) is 3.80. The Labute approximate surface area is 110 Å². The predicted molar refractivity (Wildman–Crippen MR) is 62.8 cm³/mol. The molecule has 0 aliphatic rings. The minimum Gasteiger partial charge on any atom is -0.347 e. The van der Waals surface area contributed by atoms with E-state index in [1.54, 1.807) is 0 Å². The van der Waals surface area contributed by atoms with Crippen molar-refractivity contribution < 1.29 is 18.5 Å². The van der Waals surface area contributed by atoms with Crippen LogP contribution in [0.25, 0.3) is 0 Å². The van der Waals surface area contributed by atoms with Crippen LogP contribution in [0.5, 0.6) is 0 Å². The molecule has 1 aromatic heterocycles. The Hall–Kier alpha value is -2.84. The van der Waals surface area contributed by atoms with Crippen LogP contribution in [0.1, 0.15) is 16.1 Å². The van der Waals surface area contributed by atoms with E-state index >= 15 is 0 Å². The van der Waals surface area contributed by atoms with E-state index in [1.807, 2.05) is 0 Å². The van der Waals surface area contributed by atoms with Crippen LogP contribution in [0.4, 0.5) is 14.5 Å². The molecule has 0 atom stereocenters. The Kier molecular flexibility index (Phi) is 3.69. The molecule has 0 unspecified atom stereocenters. The van der Waals surface area contributed by atoms with Gasteiger partial charge in [0.25, 0.3) is 5.91 Å². The van der Waals surface area contributed by atoms with Gasteiger partial charge < -0.3 is 10.3 Å². The van der Waals surface area contributed by atoms with Crippen LogP contribution in [-0.4, -0.2) is 20.8 Å². The van der Waals surface area contributed by atoms with Crippen molar-refractivity contribution in [3.63, 3.8) is 0 Å². The molecule has 1 heterocycles. The number of carbonyl (C=O) groups is 1. The van der Waals surface area contributed by atoms with Gasteiger partial charge in [-0.05, 0) is 0 Å². The number of nitro groups is 1. The lowest BCUT2D eigenvalue weighted by Crippen LogP contribution is -2.24. The number of benzene rings is 1. The number of imidazole rings is 1. The van der Waals surface area contributed by atoms with Crippen molar-refractivity contribution in [2.24, 2.45) is 0 Å². The van der Waals surface area contributed by atoms with Crippen molar-refractivity contribution in [1.82, 2.24) is 15.3 Å². The first-order chi connectivity index (χ1) is 9.49. The summed E-state index contributed by atoms with van der Waals surface area (Å²) in [5.74, 6) is -3.40. The van der Waals surface area contributed by atoms with E-state index in [0.717, 1.165) is 0 Å². The molecule has 104 valence electrons. The number of carbonyl (C=O) groups excluding carboxylic acids is 1. The van der Waals surface area contributed by atoms with Crippen LogP contribution in [-0.2, 0) is 6.54 Å². The summed E-state index contributed by atoms with van der Waals surface area (Å²) in [4.78, 5) is 27.7. The van der Waals surface area contributed by atoms with Crippen LogP contribution in [0.15, 0.2) is 24.7 Å². The van der Waals surface area contributed by atoms with E-state index in [1.165, 1.54) is 12.5 Å². The highest BCUT2D eigenvalue weighted by Gasteiger charge is 2.22. The molecule has 1 aromatic carbocycles. The second-order valence-corrected chi connectivity index (χ2v) is 3.80. The number of amides is 1. The van der Waals surface area contributed by atoms with Crippen molar-refractivity contribution in [1.29, 1.82) is 0 Å². The largest absolute Gasteiger partial charge is 0.347 e. The monoisotopic (exact) mass is 282 g/mol. The Bertz CT molecular complexity index is 658. The molecule has 7 nitrogen and oxygen atoms in total. The first-order valence-electron chi connectivity index (χ1n) is 5.38. The van der Waals surface area contributed by atoms with E-state index in [-0.39, 0.29) is 6.54 Å². The minimum atomic E-state index is -1.34. The van der Waals surface area contributed by atoms with Gasteiger partial charge in [-0.3, -0.25) is 14.9 Å². The molecular formula is C11H8F2N4O3. The Morgan fingerprint density at radius 1 is 1.40 bits per heavy atom. The molecule has 9 heteroatoms. The van der Waals surface area contributed by atoms with Crippen LogP contribution >= 0.6 is 0 Å². The highest BCUT2D eigenvalue weighted by molar-refractivity contribution is 5.95. The van der Waals surface area contributed by atoms with Crippen molar-refractivity contribution >= 4 is 11.6 Å². The summed E-state index contributed by atoms with van der Waals surface area (Å²) < 4.78 is 26.6. The number of nitrogens with zero attached hydrogens (tertiary/aromatic N) is 2. The summed E-state index contributed by atoms with van der Waals surface area (Å²) in [5, 5.41) is 12.9. The van der Waals surface area contributed by atoms with Gasteiger partial charge in [-0.15, -0.1) is 0 Å². The normalized spacial score (nSPS) is 10.3. The Morgan fingerprint density at radius 2 is 2.15 bits per heavy atom. The standard InChI is InChI=1S/C11H8F2N4O3/c12-8-2-9(13)10(17(19)20)1-7(8)11(18)15-4-6-3-14-5-16-6/h1-3,5H,4H2,(H,14,16)(H,15,18). The van der Waals surface area contributed by atoms with Crippen LogP contribution < -0.4 is 5.32 Å². The lowest BCUT2D eigenvalue weighted by atomic mass is 10.1. The molecule has 0 saturated heterocycles. The van der Waals surface area contributed by atoms with Crippen molar-refractivity contribution in [2.75, 3.05) is 0 Å². The molecule has 0 radical (unpaired) electrons. The quantitative estimate of drug-likeness (QED) is 0.655. The zero-order valence-electron chi connectivity index (χ0n) is 9.89. The maximum atomic E-state index is 13.5. The molecule has 20 heavy (non-hydrogen) atoms. The van der Waals surface area contributed by atoms with E-state index in [9.17, 15) is 23.7 Å². The molecule has 1 amide bonds. The van der Waals surface area contributed by atoms with Crippen LogP contribution in [0.2, 0.25) is 0 Å². The number of hydrogen-bond acceptors (Lipinski definition) is 4. The molecule has 2 rings (SSSR count). The van der Waals surface area contributed by atoms with Gasteiger partial charge in [-0.1, -0.05) is 0 Å². The zero-order valence-corrected chi connectivity index (χ0v) is 9.89. The average Bonchev–Trinajstić information content (AvgIpc) is 2.88. The average molecular weight is 282 g/mol. The molecule has 0 fully saturated rings. The number of aromatic nitrogens is 2. The van der Waals surface area contributed by atoms with Gasteiger partial charge in [-0.2, -0.15) is 4.39 Å². The minimum absolute atomic E-state index is 0.0312. The summed E-state index contributed by atoms with van der Waals surface area (Å²) in [6, 6.07) is 0.871. The number of nitro benzene ring substituents is 1. The summed E-state index contributed by atoms with van der Waals surface area (Å²) in [7, 11) is 0. The second kappa shape index (κ2) is 5.43. The molecule has 0 saturated carbocycles. The van der Waals surface area contributed by atoms with Gasteiger partial charge in [0.15, 0.2) is 0 Å². The zero-order chi connectivity index (χ0) is 14.7. The summed E-state index contributed by atoms with van der Waals surface area (Å²) in [5.41, 5.74) is -0.994. The summed E-state index contributed by atoms with van der Waals surface area (Å²) in [6.45, 7) is 0.0312. The van der Waals surface area contributed by atoms with Gasteiger partial charge in [0.1, 0.15) is 5.82 Å². The number of H-pyrrole nitrogens is 1. The first-order valence-corrected chi connectivity index (χ1v) is 5.38. The lowest BCUT2D eigenvalue weighted by molar-refractivity contribution is -0.387. The highest BCUT2D eigenvalue weighted by Crippen LogP contribution is 2.21. The Morgan fingerprint density at radius 3 is 2.75 bits per heavy atom. The molecular weight excluding hydrogens is 274 g/mol. The maximum absolute atomic E-state index is 13.5. The lowest BCUT2D eigenvalue weighted by Gasteiger charge is -2.05. The van der Waals surface area contributed by atoms with E-state index in [0.29, 0.717) is 17.8 Å². The highest BCUT2D eigenvalue weighted by atomic mass is 19.1. The SMILES string of the molecule is O=C(NCc1cnc[nH]1)c1cc([N+](=O)[O-])c(F)cc1F. The number of aromatic amines is 1. The summed E-state index contributed by atoms with van der Waals surface area (Å²) >= 11 is 0. The van der Waals surface area contributed by atoms with Crippen molar-refractivity contribution in [3.8, 4) is 0 Å². The molecule has 0 aliphatic heterocycles. The van der Waals surface area contributed by atoms with E-state index in [2.05, 4.69) is 15.3 Å². The van der Waals surface area contributed by atoms with Crippen molar-refractivity contribution in [2.45, 2.75) is 6.54 Å². The number of hydrogen-bond donors (Lipinski definition) is 2. The van der Waals surface area contributed by atoms with Gasteiger partial charge in [0.05, 0.1) is 29.1 Å². The van der Waals surface area contributed by atoms with E-state index < -0.39 is 33.7 Å². The van der Waals surface area contributed by atoms with Crippen LogP contribution in [0, 0.1) is 21.7 Å². The first kappa shape index (κ1) is 13.6. The fourth-order valence-corrected chi connectivity index (χ4v) is 1.50. The fraction of sp³-hybridized carbons (Fsp3) is 0.0909. The van der Waals surface area contributed by atoms with Gasteiger partial charge in [0, 0.05) is 18.3 Å². The van der Waals surface area contributed by atoms with Gasteiger partial charge in [-0.25, -0.2) is 9.37 Å². The van der Waals surface area contributed by atoms with Gasteiger partial charge >= 0.3 is 5.69 Å². The molecule has 0 bridgehead atoms. The van der Waals surface area contributed by atoms with Crippen molar-refractivity contribution in [3.05, 3.63) is 57.7 Å². The summed E-state index contributed by atoms with van der Waals surface area (Å²) in [6.07, 6.45) is 2.84. The Balaban J connectivity index is 2.21. The smallest absolute Gasteiger partial charge is 0.305 e. The number of halogens is 2. The molecule has 0 spiro atoms. The topological polar surface area (TPSA) is 101 Å². The molecule has 2 aromatic rings. The van der Waals surface area contributed by atoms with Gasteiger partial charge in [0.2, 0.25) is 5.82 Å². The third-order valence-electron chi connectivity index (χ3n) is 2.47. The van der Waals surface area contributed by atoms with Crippen LogP contribution in [0.3, 0.4) is 0 Å².